The van der Waals surface area contributed by atoms with Crippen LogP contribution in [0.15, 0.2) is 6.33 Å². The summed E-state index contributed by atoms with van der Waals surface area (Å²) in [5.74, 6) is 0.471. The second-order valence-electron chi connectivity index (χ2n) is 3.03. The van der Waals surface area contributed by atoms with Crippen molar-refractivity contribution in [2.45, 2.75) is 26.4 Å². The lowest BCUT2D eigenvalue weighted by Crippen LogP contribution is -2.40. The van der Waals surface area contributed by atoms with Gasteiger partial charge in [-0.05, 0) is 13.8 Å². The molecule has 0 aliphatic rings. The molecule has 0 amide bonds. The lowest BCUT2D eigenvalue weighted by atomic mass is 10.4. The van der Waals surface area contributed by atoms with Gasteiger partial charge in [0.1, 0.15) is 12.2 Å². The van der Waals surface area contributed by atoms with E-state index in [1.165, 1.54) is 6.33 Å². The Morgan fingerprint density at radius 1 is 1.57 bits per heavy atom. The highest BCUT2D eigenvalue weighted by atomic mass is 32.2. The van der Waals surface area contributed by atoms with E-state index in [0.29, 0.717) is 5.82 Å². The molecular formula is C6H13N5O2S. The minimum absolute atomic E-state index is 0.0993. The molecule has 0 radical (unpaired) electrons. The number of H-pyrrole nitrogens is 1. The molecule has 0 saturated heterocycles. The molecule has 0 spiro atoms. The van der Waals surface area contributed by atoms with Crippen LogP contribution in [-0.4, -0.2) is 29.6 Å². The molecule has 0 fully saturated rings. The number of rotatable bonds is 5. The number of aromatic nitrogens is 3. The SMILES string of the molecule is CC(C)NS(=O)(=O)NCc1ncn[nH]1. The van der Waals surface area contributed by atoms with Crippen LogP contribution < -0.4 is 9.44 Å². The van der Waals surface area contributed by atoms with E-state index in [9.17, 15) is 8.42 Å². The lowest BCUT2D eigenvalue weighted by Gasteiger charge is -2.09. The minimum Gasteiger partial charge on any atom is -0.262 e. The Bertz CT molecular complexity index is 358. The van der Waals surface area contributed by atoms with Gasteiger partial charge in [-0.3, -0.25) is 5.10 Å². The van der Waals surface area contributed by atoms with Crippen LogP contribution in [0.2, 0.25) is 0 Å². The molecule has 1 aromatic rings. The average molecular weight is 219 g/mol. The van der Waals surface area contributed by atoms with Crippen LogP contribution in [0.25, 0.3) is 0 Å². The van der Waals surface area contributed by atoms with E-state index >= 15 is 0 Å². The third-order valence-electron chi connectivity index (χ3n) is 1.29. The summed E-state index contributed by atoms with van der Waals surface area (Å²) in [7, 11) is -3.44. The zero-order valence-electron chi connectivity index (χ0n) is 7.98. The normalized spacial score (nSPS) is 12.2. The third kappa shape index (κ3) is 3.81. The van der Waals surface area contributed by atoms with E-state index < -0.39 is 10.2 Å². The fraction of sp³-hybridized carbons (Fsp3) is 0.667. The molecule has 14 heavy (non-hydrogen) atoms. The predicted octanol–water partition coefficient (Wildman–Crippen LogP) is -0.863. The van der Waals surface area contributed by atoms with Crippen molar-refractivity contribution in [3.63, 3.8) is 0 Å². The molecule has 0 aliphatic carbocycles. The molecule has 0 aliphatic heterocycles. The van der Waals surface area contributed by atoms with Crippen molar-refractivity contribution < 1.29 is 8.42 Å². The predicted molar refractivity (Wildman–Crippen MR) is 50.4 cm³/mol. The lowest BCUT2D eigenvalue weighted by molar-refractivity contribution is 0.553. The van der Waals surface area contributed by atoms with Crippen LogP contribution in [0.1, 0.15) is 19.7 Å². The first-order valence-corrected chi connectivity index (χ1v) is 5.59. The minimum atomic E-state index is -3.44. The van der Waals surface area contributed by atoms with Gasteiger partial charge in [0.2, 0.25) is 0 Å². The van der Waals surface area contributed by atoms with E-state index in [2.05, 4.69) is 24.6 Å². The summed E-state index contributed by atoms with van der Waals surface area (Å²) in [5, 5.41) is 6.14. The monoisotopic (exact) mass is 219 g/mol. The second kappa shape index (κ2) is 4.49. The van der Waals surface area contributed by atoms with Gasteiger partial charge in [0.05, 0.1) is 6.54 Å². The molecule has 1 rings (SSSR count). The average Bonchev–Trinajstić information content (AvgIpc) is 2.50. The Balaban J connectivity index is 2.45. The summed E-state index contributed by atoms with van der Waals surface area (Å²) in [6.07, 6.45) is 1.32. The summed E-state index contributed by atoms with van der Waals surface area (Å²) in [6, 6.07) is -0.137. The summed E-state index contributed by atoms with van der Waals surface area (Å²) in [4.78, 5) is 3.78. The molecule has 0 aromatic carbocycles. The van der Waals surface area contributed by atoms with Crippen LogP contribution in [-0.2, 0) is 16.8 Å². The summed E-state index contributed by atoms with van der Waals surface area (Å²) in [5.41, 5.74) is 0. The number of hydrogen-bond donors (Lipinski definition) is 3. The van der Waals surface area contributed by atoms with Crippen molar-refractivity contribution in [1.29, 1.82) is 0 Å². The molecule has 7 nitrogen and oxygen atoms in total. The Morgan fingerprint density at radius 2 is 2.29 bits per heavy atom. The molecule has 0 unspecified atom stereocenters. The Morgan fingerprint density at radius 3 is 2.79 bits per heavy atom. The van der Waals surface area contributed by atoms with E-state index in [0.717, 1.165) is 0 Å². The van der Waals surface area contributed by atoms with Crippen molar-refractivity contribution >= 4 is 10.2 Å². The standard InChI is InChI=1S/C6H13N5O2S/c1-5(2)11-14(12,13)9-3-6-7-4-8-10-6/h4-5,9,11H,3H2,1-2H3,(H,7,8,10). The number of hydrogen-bond acceptors (Lipinski definition) is 4. The van der Waals surface area contributed by atoms with E-state index in [-0.39, 0.29) is 12.6 Å². The highest BCUT2D eigenvalue weighted by Crippen LogP contribution is 1.88. The molecular weight excluding hydrogens is 206 g/mol. The molecule has 8 heteroatoms. The Hall–Kier alpha value is -0.990. The first kappa shape index (κ1) is 11.1. The summed E-state index contributed by atoms with van der Waals surface area (Å²) < 4.78 is 27.2. The first-order chi connectivity index (χ1) is 6.49. The van der Waals surface area contributed by atoms with Gasteiger partial charge in [-0.25, -0.2) is 4.98 Å². The fourth-order valence-electron chi connectivity index (χ4n) is 0.831. The molecule has 3 N–H and O–H groups in total. The molecule has 1 aromatic heterocycles. The first-order valence-electron chi connectivity index (χ1n) is 4.11. The maximum atomic E-state index is 11.3. The van der Waals surface area contributed by atoms with Crippen molar-refractivity contribution in [3.05, 3.63) is 12.2 Å². The van der Waals surface area contributed by atoms with Crippen LogP contribution in [0.4, 0.5) is 0 Å². The quantitative estimate of drug-likeness (QED) is 0.599. The second-order valence-corrected chi connectivity index (χ2v) is 4.56. The molecule has 80 valence electrons. The highest BCUT2D eigenvalue weighted by Gasteiger charge is 2.10. The zero-order chi connectivity index (χ0) is 10.6. The van der Waals surface area contributed by atoms with Gasteiger partial charge in [-0.2, -0.15) is 23.0 Å². The van der Waals surface area contributed by atoms with Gasteiger partial charge in [0.15, 0.2) is 0 Å². The third-order valence-corrected chi connectivity index (χ3v) is 2.59. The molecule has 0 atom stereocenters. The number of nitrogens with zero attached hydrogens (tertiary/aromatic N) is 2. The summed E-state index contributed by atoms with van der Waals surface area (Å²) in [6.45, 7) is 3.59. The van der Waals surface area contributed by atoms with Crippen LogP contribution >= 0.6 is 0 Å². The topological polar surface area (TPSA) is 99.8 Å². The van der Waals surface area contributed by atoms with E-state index in [1.807, 2.05) is 0 Å². The van der Waals surface area contributed by atoms with Gasteiger partial charge in [0, 0.05) is 6.04 Å². The molecule has 0 bridgehead atoms. The van der Waals surface area contributed by atoms with Gasteiger partial charge < -0.3 is 0 Å². The van der Waals surface area contributed by atoms with Crippen molar-refractivity contribution in [2.24, 2.45) is 0 Å². The largest absolute Gasteiger partial charge is 0.277 e. The van der Waals surface area contributed by atoms with Gasteiger partial charge >= 0.3 is 0 Å². The maximum absolute atomic E-state index is 11.3. The number of aromatic amines is 1. The highest BCUT2D eigenvalue weighted by molar-refractivity contribution is 7.87. The number of nitrogens with one attached hydrogen (secondary N) is 3. The maximum Gasteiger partial charge on any atom is 0.277 e. The van der Waals surface area contributed by atoms with Crippen LogP contribution in [0.5, 0.6) is 0 Å². The molecule has 1 heterocycles. The fourth-order valence-corrected chi connectivity index (χ4v) is 1.86. The smallest absolute Gasteiger partial charge is 0.262 e. The van der Waals surface area contributed by atoms with E-state index in [4.69, 9.17) is 0 Å². The van der Waals surface area contributed by atoms with Crippen LogP contribution in [0, 0.1) is 0 Å². The Labute approximate surface area is 82.5 Å². The Kier molecular flexibility index (Phi) is 3.55. The van der Waals surface area contributed by atoms with Crippen molar-refractivity contribution in [3.8, 4) is 0 Å². The van der Waals surface area contributed by atoms with Gasteiger partial charge in [0.25, 0.3) is 10.2 Å². The zero-order valence-corrected chi connectivity index (χ0v) is 8.80. The van der Waals surface area contributed by atoms with Crippen LogP contribution in [0.3, 0.4) is 0 Å². The molecule has 0 saturated carbocycles. The van der Waals surface area contributed by atoms with Crippen molar-refractivity contribution in [2.75, 3.05) is 0 Å². The summed E-state index contributed by atoms with van der Waals surface area (Å²) >= 11 is 0. The van der Waals surface area contributed by atoms with Gasteiger partial charge in [-0.15, -0.1) is 0 Å². The van der Waals surface area contributed by atoms with E-state index in [1.54, 1.807) is 13.8 Å². The van der Waals surface area contributed by atoms with Gasteiger partial charge in [-0.1, -0.05) is 0 Å². The van der Waals surface area contributed by atoms with Crippen molar-refractivity contribution in [1.82, 2.24) is 24.6 Å².